The highest BCUT2D eigenvalue weighted by atomic mass is 16.5. The van der Waals surface area contributed by atoms with E-state index in [0.29, 0.717) is 12.5 Å². The number of aliphatic hydroxyl groups excluding tert-OH is 1. The number of ether oxygens (including phenoxy) is 3. The summed E-state index contributed by atoms with van der Waals surface area (Å²) in [6.45, 7) is 4.00. The van der Waals surface area contributed by atoms with E-state index in [1.807, 2.05) is 37.3 Å². The number of carbonyl (C=O) groups is 1. The molecule has 2 rings (SSSR count). The summed E-state index contributed by atoms with van der Waals surface area (Å²) in [5.41, 5.74) is 0.914. The van der Waals surface area contributed by atoms with Gasteiger partial charge in [0, 0.05) is 13.2 Å². The molecule has 1 aromatic rings. The molecule has 0 aliphatic carbocycles. The van der Waals surface area contributed by atoms with Gasteiger partial charge in [-0.25, -0.2) is 4.79 Å². The highest BCUT2D eigenvalue weighted by Gasteiger charge is 2.22. The summed E-state index contributed by atoms with van der Waals surface area (Å²) in [5.74, 6) is 0.477. The summed E-state index contributed by atoms with van der Waals surface area (Å²) >= 11 is 0. The second kappa shape index (κ2) is 10.3. The smallest absolute Gasteiger partial charge is 0.407 e. The molecular weight excluding hydrogens is 310 g/mol. The van der Waals surface area contributed by atoms with Crippen molar-refractivity contribution in [3.63, 3.8) is 0 Å². The molecule has 6 nitrogen and oxygen atoms in total. The van der Waals surface area contributed by atoms with E-state index < -0.39 is 12.1 Å². The molecule has 0 radical (unpaired) electrons. The molecule has 1 saturated heterocycles. The predicted molar refractivity (Wildman–Crippen MR) is 89.6 cm³/mol. The van der Waals surface area contributed by atoms with Crippen molar-refractivity contribution >= 4 is 6.09 Å². The first kappa shape index (κ1) is 18.7. The van der Waals surface area contributed by atoms with Crippen LogP contribution in [0, 0.1) is 5.92 Å². The fourth-order valence-electron chi connectivity index (χ4n) is 2.54. The number of amides is 1. The van der Waals surface area contributed by atoms with Crippen molar-refractivity contribution in [1.82, 2.24) is 5.32 Å². The van der Waals surface area contributed by atoms with Gasteiger partial charge in [0.1, 0.15) is 6.61 Å². The zero-order chi connectivity index (χ0) is 17.2. The Labute approximate surface area is 143 Å². The number of alkyl carbamates (subject to hydrolysis) is 1. The Bertz CT molecular complexity index is 476. The lowest BCUT2D eigenvalue weighted by atomic mass is 10.0. The van der Waals surface area contributed by atoms with Gasteiger partial charge in [0.05, 0.1) is 25.4 Å². The van der Waals surface area contributed by atoms with Gasteiger partial charge in [-0.05, 0) is 31.2 Å². The maximum atomic E-state index is 11.9. The standard InChI is InChI=1S/C18H27NO5/c1-14(23-12-16-7-9-22-10-8-16)17(11-20)19-18(21)24-13-15-5-3-2-4-6-15/h2-6,14,16-17,20H,7-13H2,1H3,(H,19,21)/t14-,17-/m1/s1. The van der Waals surface area contributed by atoms with Crippen LogP contribution >= 0.6 is 0 Å². The minimum absolute atomic E-state index is 0.197. The molecule has 2 N–H and O–H groups in total. The van der Waals surface area contributed by atoms with Crippen molar-refractivity contribution in [2.75, 3.05) is 26.4 Å². The molecule has 1 aliphatic rings. The number of benzene rings is 1. The molecule has 0 aromatic heterocycles. The monoisotopic (exact) mass is 337 g/mol. The summed E-state index contributed by atoms with van der Waals surface area (Å²) in [7, 11) is 0. The SMILES string of the molecule is C[C@@H](OCC1CCOCC1)[C@@H](CO)NC(=O)OCc1ccccc1. The number of nitrogens with one attached hydrogen (secondary N) is 1. The highest BCUT2D eigenvalue weighted by molar-refractivity contribution is 5.67. The Morgan fingerprint density at radius 1 is 1.33 bits per heavy atom. The Morgan fingerprint density at radius 3 is 2.71 bits per heavy atom. The number of rotatable bonds is 8. The molecule has 0 spiro atoms. The molecule has 1 amide bonds. The maximum Gasteiger partial charge on any atom is 0.407 e. The van der Waals surface area contributed by atoms with Crippen LogP contribution in [0.3, 0.4) is 0 Å². The van der Waals surface area contributed by atoms with Gasteiger partial charge in [-0.15, -0.1) is 0 Å². The van der Waals surface area contributed by atoms with E-state index in [4.69, 9.17) is 14.2 Å². The molecule has 1 aromatic carbocycles. The first-order valence-corrected chi connectivity index (χ1v) is 8.46. The van der Waals surface area contributed by atoms with Crippen LogP contribution in [0.4, 0.5) is 4.79 Å². The molecule has 0 unspecified atom stereocenters. The lowest BCUT2D eigenvalue weighted by molar-refractivity contribution is -0.0240. The summed E-state index contributed by atoms with van der Waals surface area (Å²) in [5, 5.41) is 12.2. The molecule has 1 fully saturated rings. The van der Waals surface area contributed by atoms with Gasteiger partial charge in [0.2, 0.25) is 0 Å². The first-order valence-electron chi connectivity index (χ1n) is 8.46. The molecule has 134 valence electrons. The molecule has 6 heteroatoms. The molecule has 2 atom stereocenters. The van der Waals surface area contributed by atoms with Crippen LogP contribution in [0.15, 0.2) is 30.3 Å². The fraction of sp³-hybridized carbons (Fsp3) is 0.611. The van der Waals surface area contributed by atoms with Gasteiger partial charge >= 0.3 is 6.09 Å². The lowest BCUT2D eigenvalue weighted by Crippen LogP contribution is -2.46. The van der Waals surface area contributed by atoms with Gasteiger partial charge in [0.15, 0.2) is 0 Å². The number of carbonyl (C=O) groups excluding carboxylic acids is 1. The lowest BCUT2D eigenvalue weighted by Gasteiger charge is -2.27. The quantitative estimate of drug-likeness (QED) is 0.760. The number of hydrogen-bond donors (Lipinski definition) is 2. The second-order valence-corrected chi connectivity index (χ2v) is 6.09. The third-order valence-corrected chi connectivity index (χ3v) is 4.22. The number of hydrogen-bond acceptors (Lipinski definition) is 5. The summed E-state index contributed by atoms with van der Waals surface area (Å²) in [6.07, 6.45) is 1.13. The minimum atomic E-state index is -0.556. The third-order valence-electron chi connectivity index (χ3n) is 4.22. The normalized spacial score (nSPS) is 17.9. The van der Waals surface area contributed by atoms with Gasteiger partial charge in [-0.1, -0.05) is 30.3 Å². The van der Waals surface area contributed by atoms with E-state index in [0.717, 1.165) is 31.6 Å². The average molecular weight is 337 g/mol. The summed E-state index contributed by atoms with van der Waals surface area (Å²) in [6, 6.07) is 8.96. The van der Waals surface area contributed by atoms with Crippen LogP contribution in [0.25, 0.3) is 0 Å². The van der Waals surface area contributed by atoms with Gasteiger partial charge in [0.25, 0.3) is 0 Å². The van der Waals surface area contributed by atoms with Crippen LogP contribution < -0.4 is 5.32 Å². The van der Waals surface area contributed by atoms with E-state index in [1.165, 1.54) is 0 Å². The largest absolute Gasteiger partial charge is 0.445 e. The van der Waals surface area contributed by atoms with Crippen molar-refractivity contribution in [2.24, 2.45) is 5.92 Å². The number of aliphatic hydroxyl groups is 1. The van der Waals surface area contributed by atoms with Crippen molar-refractivity contribution < 1.29 is 24.1 Å². The minimum Gasteiger partial charge on any atom is -0.445 e. The molecule has 24 heavy (non-hydrogen) atoms. The van der Waals surface area contributed by atoms with Crippen LogP contribution in [-0.2, 0) is 20.8 Å². The zero-order valence-corrected chi connectivity index (χ0v) is 14.1. The Morgan fingerprint density at radius 2 is 2.04 bits per heavy atom. The van der Waals surface area contributed by atoms with Crippen molar-refractivity contribution in [1.29, 1.82) is 0 Å². The Balaban J connectivity index is 1.70. The van der Waals surface area contributed by atoms with Gasteiger partial charge in [-0.3, -0.25) is 0 Å². The van der Waals surface area contributed by atoms with E-state index in [-0.39, 0.29) is 19.3 Å². The van der Waals surface area contributed by atoms with Crippen molar-refractivity contribution in [2.45, 2.75) is 38.5 Å². The topological polar surface area (TPSA) is 77.0 Å². The summed E-state index contributed by atoms with van der Waals surface area (Å²) < 4.78 is 16.3. The Hall–Kier alpha value is -1.63. The van der Waals surface area contributed by atoms with Crippen LogP contribution in [-0.4, -0.2) is 49.8 Å². The van der Waals surface area contributed by atoms with Crippen LogP contribution in [0.1, 0.15) is 25.3 Å². The maximum absolute atomic E-state index is 11.9. The molecule has 1 aliphatic heterocycles. The van der Waals surface area contributed by atoms with E-state index in [9.17, 15) is 9.90 Å². The predicted octanol–water partition coefficient (Wildman–Crippen LogP) is 2.11. The second-order valence-electron chi connectivity index (χ2n) is 6.09. The zero-order valence-electron chi connectivity index (χ0n) is 14.1. The van der Waals surface area contributed by atoms with Crippen molar-refractivity contribution in [3.8, 4) is 0 Å². The van der Waals surface area contributed by atoms with E-state index in [1.54, 1.807) is 0 Å². The van der Waals surface area contributed by atoms with Gasteiger partial charge in [-0.2, -0.15) is 0 Å². The molecule has 0 saturated carbocycles. The van der Waals surface area contributed by atoms with Crippen LogP contribution in [0.5, 0.6) is 0 Å². The fourth-order valence-corrected chi connectivity index (χ4v) is 2.54. The molecule has 0 bridgehead atoms. The molecule has 1 heterocycles. The summed E-state index contributed by atoms with van der Waals surface area (Å²) in [4.78, 5) is 11.9. The highest BCUT2D eigenvalue weighted by Crippen LogP contribution is 2.16. The molecular formula is C18H27NO5. The average Bonchev–Trinajstić information content (AvgIpc) is 2.64. The van der Waals surface area contributed by atoms with E-state index in [2.05, 4.69) is 5.32 Å². The first-order chi connectivity index (χ1) is 11.7. The van der Waals surface area contributed by atoms with Crippen molar-refractivity contribution in [3.05, 3.63) is 35.9 Å². The van der Waals surface area contributed by atoms with Crippen LogP contribution in [0.2, 0.25) is 0 Å². The third kappa shape index (κ3) is 6.47. The van der Waals surface area contributed by atoms with E-state index >= 15 is 0 Å². The Kier molecular flexibility index (Phi) is 8.01. The van der Waals surface area contributed by atoms with Gasteiger partial charge < -0.3 is 24.6 Å².